The second-order valence-corrected chi connectivity index (χ2v) is 5.14. The highest BCUT2D eigenvalue weighted by Gasteiger charge is 2.04. The Bertz CT molecular complexity index is 659. The monoisotopic (exact) mass is 269 g/mol. The van der Waals surface area contributed by atoms with Crippen LogP contribution in [0, 0.1) is 13.8 Å². The van der Waals surface area contributed by atoms with E-state index in [0.29, 0.717) is 0 Å². The topological polar surface area (TPSA) is 53.9 Å². The van der Waals surface area contributed by atoms with Gasteiger partial charge in [-0.25, -0.2) is 4.98 Å². The van der Waals surface area contributed by atoms with Crippen LogP contribution in [0.15, 0.2) is 34.9 Å². The molecule has 20 heavy (non-hydrogen) atoms. The van der Waals surface area contributed by atoms with E-state index in [-0.39, 0.29) is 0 Å². The fraction of sp³-hybridized carbons (Fsp3) is 0.312. The number of hydrogen-bond donors (Lipinski definition) is 2. The number of rotatable bonds is 5. The van der Waals surface area contributed by atoms with E-state index in [1.54, 1.807) is 6.26 Å². The Morgan fingerprint density at radius 2 is 2.10 bits per heavy atom. The molecular weight excluding hydrogens is 250 g/mol. The van der Waals surface area contributed by atoms with E-state index >= 15 is 0 Å². The number of H-pyrrole nitrogens is 1. The SMILES string of the molecule is Cc1cc2nc(CCNCc3ccco3)[nH]c2cc1C. The highest BCUT2D eigenvalue weighted by Crippen LogP contribution is 2.17. The van der Waals surface area contributed by atoms with Crippen LogP contribution in [0.25, 0.3) is 11.0 Å². The van der Waals surface area contributed by atoms with Crippen LogP contribution in [0.1, 0.15) is 22.7 Å². The summed E-state index contributed by atoms with van der Waals surface area (Å²) in [5.41, 5.74) is 4.75. The summed E-state index contributed by atoms with van der Waals surface area (Å²) in [6, 6.07) is 8.18. The van der Waals surface area contributed by atoms with Crippen molar-refractivity contribution < 1.29 is 4.42 Å². The van der Waals surface area contributed by atoms with Gasteiger partial charge in [0.15, 0.2) is 0 Å². The summed E-state index contributed by atoms with van der Waals surface area (Å²) >= 11 is 0. The van der Waals surface area contributed by atoms with E-state index in [9.17, 15) is 0 Å². The van der Waals surface area contributed by atoms with Crippen molar-refractivity contribution >= 4 is 11.0 Å². The number of aryl methyl sites for hydroxylation is 2. The van der Waals surface area contributed by atoms with Crippen LogP contribution in [0.4, 0.5) is 0 Å². The maximum Gasteiger partial charge on any atom is 0.117 e. The van der Waals surface area contributed by atoms with E-state index in [1.807, 2.05) is 12.1 Å². The van der Waals surface area contributed by atoms with Crippen LogP contribution in [0.3, 0.4) is 0 Å². The van der Waals surface area contributed by atoms with Crippen LogP contribution in [0.5, 0.6) is 0 Å². The zero-order valence-corrected chi connectivity index (χ0v) is 11.9. The summed E-state index contributed by atoms with van der Waals surface area (Å²) in [5.74, 6) is 1.98. The van der Waals surface area contributed by atoms with E-state index in [2.05, 4.69) is 41.3 Å². The van der Waals surface area contributed by atoms with Crippen LogP contribution in [-0.2, 0) is 13.0 Å². The van der Waals surface area contributed by atoms with Crippen molar-refractivity contribution in [2.24, 2.45) is 0 Å². The van der Waals surface area contributed by atoms with Gasteiger partial charge in [0.2, 0.25) is 0 Å². The predicted molar refractivity (Wildman–Crippen MR) is 79.7 cm³/mol. The Kier molecular flexibility index (Phi) is 3.56. The smallest absolute Gasteiger partial charge is 0.117 e. The van der Waals surface area contributed by atoms with Crippen LogP contribution >= 0.6 is 0 Å². The zero-order chi connectivity index (χ0) is 13.9. The molecule has 2 aromatic heterocycles. The summed E-state index contributed by atoms with van der Waals surface area (Å²) in [6.45, 7) is 5.87. The average Bonchev–Trinajstić information content (AvgIpc) is 3.05. The molecule has 2 N–H and O–H groups in total. The normalized spacial score (nSPS) is 11.3. The Balaban J connectivity index is 1.60. The second kappa shape index (κ2) is 5.51. The molecule has 0 aliphatic rings. The Morgan fingerprint density at radius 1 is 1.25 bits per heavy atom. The largest absolute Gasteiger partial charge is 0.468 e. The summed E-state index contributed by atoms with van der Waals surface area (Å²) in [7, 11) is 0. The van der Waals surface area contributed by atoms with Gasteiger partial charge in [-0.15, -0.1) is 0 Å². The molecule has 0 saturated heterocycles. The number of imidazole rings is 1. The van der Waals surface area contributed by atoms with Gasteiger partial charge in [0, 0.05) is 13.0 Å². The van der Waals surface area contributed by atoms with Gasteiger partial charge in [0.25, 0.3) is 0 Å². The maximum atomic E-state index is 5.27. The van der Waals surface area contributed by atoms with Gasteiger partial charge in [0.05, 0.1) is 23.8 Å². The lowest BCUT2D eigenvalue weighted by molar-refractivity contribution is 0.483. The number of furan rings is 1. The Labute approximate surface area is 118 Å². The Hall–Kier alpha value is -2.07. The molecule has 0 radical (unpaired) electrons. The van der Waals surface area contributed by atoms with Crippen molar-refractivity contribution in [2.45, 2.75) is 26.8 Å². The molecule has 0 amide bonds. The number of nitrogens with one attached hydrogen (secondary N) is 2. The number of fused-ring (bicyclic) bond motifs is 1. The molecule has 0 aliphatic carbocycles. The first kappa shape index (κ1) is 12.9. The molecule has 0 fully saturated rings. The molecular formula is C16H19N3O. The molecule has 4 nitrogen and oxygen atoms in total. The summed E-state index contributed by atoms with van der Waals surface area (Å²) in [4.78, 5) is 8.01. The molecule has 0 unspecified atom stereocenters. The molecule has 0 bridgehead atoms. The van der Waals surface area contributed by atoms with E-state index < -0.39 is 0 Å². The van der Waals surface area contributed by atoms with Crippen molar-refractivity contribution in [3.63, 3.8) is 0 Å². The lowest BCUT2D eigenvalue weighted by Crippen LogP contribution is -2.16. The first-order chi connectivity index (χ1) is 9.72. The Morgan fingerprint density at radius 3 is 2.90 bits per heavy atom. The molecule has 4 heteroatoms. The minimum Gasteiger partial charge on any atom is -0.468 e. The first-order valence-electron chi connectivity index (χ1n) is 6.91. The zero-order valence-electron chi connectivity index (χ0n) is 11.9. The molecule has 3 rings (SSSR count). The number of aromatic amines is 1. The summed E-state index contributed by atoms with van der Waals surface area (Å²) in [5, 5.41) is 3.35. The van der Waals surface area contributed by atoms with Gasteiger partial charge in [-0.3, -0.25) is 0 Å². The van der Waals surface area contributed by atoms with Gasteiger partial charge >= 0.3 is 0 Å². The van der Waals surface area contributed by atoms with E-state index in [4.69, 9.17) is 4.42 Å². The first-order valence-corrected chi connectivity index (χ1v) is 6.91. The number of nitrogens with zero attached hydrogens (tertiary/aromatic N) is 1. The number of aromatic nitrogens is 2. The van der Waals surface area contributed by atoms with Crippen LogP contribution in [0.2, 0.25) is 0 Å². The van der Waals surface area contributed by atoms with Crippen molar-refractivity contribution in [1.82, 2.24) is 15.3 Å². The second-order valence-electron chi connectivity index (χ2n) is 5.14. The van der Waals surface area contributed by atoms with Crippen molar-refractivity contribution in [1.29, 1.82) is 0 Å². The average molecular weight is 269 g/mol. The quantitative estimate of drug-likeness (QED) is 0.700. The third-order valence-corrected chi connectivity index (χ3v) is 3.56. The highest BCUT2D eigenvalue weighted by atomic mass is 16.3. The third-order valence-electron chi connectivity index (χ3n) is 3.56. The molecule has 0 spiro atoms. The molecule has 3 aromatic rings. The molecule has 2 heterocycles. The van der Waals surface area contributed by atoms with Crippen LogP contribution in [-0.4, -0.2) is 16.5 Å². The summed E-state index contributed by atoms with van der Waals surface area (Å²) in [6.07, 6.45) is 2.58. The molecule has 0 aliphatic heterocycles. The van der Waals surface area contributed by atoms with Crippen molar-refractivity contribution in [2.75, 3.05) is 6.54 Å². The van der Waals surface area contributed by atoms with Gasteiger partial charge in [-0.2, -0.15) is 0 Å². The molecule has 104 valence electrons. The van der Waals surface area contributed by atoms with Gasteiger partial charge in [-0.05, 0) is 49.2 Å². The van der Waals surface area contributed by atoms with Gasteiger partial charge in [0.1, 0.15) is 11.6 Å². The summed E-state index contributed by atoms with van der Waals surface area (Å²) < 4.78 is 5.27. The predicted octanol–water partition coefficient (Wildman–Crippen LogP) is 3.11. The fourth-order valence-corrected chi connectivity index (χ4v) is 2.27. The molecule has 0 saturated carbocycles. The van der Waals surface area contributed by atoms with Crippen molar-refractivity contribution in [3.8, 4) is 0 Å². The van der Waals surface area contributed by atoms with Crippen LogP contribution < -0.4 is 5.32 Å². The number of benzene rings is 1. The van der Waals surface area contributed by atoms with E-state index in [0.717, 1.165) is 42.1 Å². The molecule has 1 aromatic carbocycles. The standard InChI is InChI=1S/C16H19N3O/c1-11-8-14-15(9-12(11)2)19-16(18-14)5-6-17-10-13-4-3-7-20-13/h3-4,7-9,17H,5-6,10H2,1-2H3,(H,18,19). The number of hydrogen-bond acceptors (Lipinski definition) is 3. The maximum absolute atomic E-state index is 5.27. The minimum atomic E-state index is 0.755. The van der Waals surface area contributed by atoms with Gasteiger partial charge in [-0.1, -0.05) is 0 Å². The lowest BCUT2D eigenvalue weighted by atomic mass is 10.1. The minimum absolute atomic E-state index is 0.755. The third kappa shape index (κ3) is 2.75. The van der Waals surface area contributed by atoms with E-state index in [1.165, 1.54) is 11.1 Å². The highest BCUT2D eigenvalue weighted by molar-refractivity contribution is 5.77. The van der Waals surface area contributed by atoms with Gasteiger partial charge < -0.3 is 14.7 Å². The van der Waals surface area contributed by atoms with Crippen molar-refractivity contribution in [3.05, 3.63) is 53.2 Å². The fourth-order valence-electron chi connectivity index (χ4n) is 2.27. The lowest BCUT2D eigenvalue weighted by Gasteiger charge is -2.00. The molecule has 0 atom stereocenters.